The van der Waals surface area contributed by atoms with Crippen LogP contribution in [0.15, 0.2) is 54.6 Å². The van der Waals surface area contributed by atoms with E-state index in [1.807, 2.05) is 63.4 Å². The van der Waals surface area contributed by atoms with Crippen LogP contribution < -0.4 is 10.1 Å². The lowest BCUT2D eigenvalue weighted by atomic mass is 10.2. The summed E-state index contributed by atoms with van der Waals surface area (Å²) in [5.74, 6) is 0.892. The summed E-state index contributed by atoms with van der Waals surface area (Å²) in [6.45, 7) is 4.61. The quantitative estimate of drug-likeness (QED) is 0.862. The van der Waals surface area contributed by atoms with Crippen molar-refractivity contribution in [3.05, 3.63) is 60.2 Å². The summed E-state index contributed by atoms with van der Waals surface area (Å²) >= 11 is 0. The Morgan fingerprint density at radius 2 is 1.50 bits per heavy atom. The Labute approximate surface area is 110 Å². The van der Waals surface area contributed by atoms with Gasteiger partial charge in [0.15, 0.2) is 0 Å². The lowest BCUT2D eigenvalue weighted by Gasteiger charge is -2.07. The molecule has 0 radical (unpaired) electrons. The molecule has 0 heterocycles. The molecule has 96 valence electrons. The number of hydrogen-bond donors (Lipinski definition) is 1. The fourth-order valence-electron chi connectivity index (χ4n) is 1.46. The van der Waals surface area contributed by atoms with Crippen molar-refractivity contribution < 1.29 is 4.74 Å². The molecule has 0 bridgehead atoms. The summed E-state index contributed by atoms with van der Waals surface area (Å²) in [5, 5.41) is 3.07. The molecule has 18 heavy (non-hydrogen) atoms. The van der Waals surface area contributed by atoms with Gasteiger partial charge in [-0.25, -0.2) is 0 Å². The number of benzene rings is 2. The molecular weight excluding hydrogens is 222 g/mol. The zero-order chi connectivity index (χ0) is 13.2. The molecule has 0 saturated carbocycles. The maximum atomic E-state index is 5.66. The zero-order valence-electron chi connectivity index (χ0n) is 11.3. The second-order valence-corrected chi connectivity index (χ2v) is 3.55. The number of ether oxygens (including phenoxy) is 1. The minimum atomic E-state index is 0.611. The molecule has 2 aromatic carbocycles. The maximum absolute atomic E-state index is 5.66. The molecule has 0 aromatic heterocycles. The van der Waals surface area contributed by atoms with E-state index in [1.165, 1.54) is 5.56 Å². The second kappa shape index (κ2) is 8.18. The third-order valence-electron chi connectivity index (χ3n) is 2.39. The van der Waals surface area contributed by atoms with Crippen molar-refractivity contribution >= 4 is 5.69 Å². The minimum Gasteiger partial charge on any atom is -0.489 e. The smallest absolute Gasteiger partial charge is 0.119 e. The van der Waals surface area contributed by atoms with Gasteiger partial charge in [0, 0.05) is 12.7 Å². The number of hydrogen-bond acceptors (Lipinski definition) is 2. The van der Waals surface area contributed by atoms with Crippen LogP contribution in [0.4, 0.5) is 5.69 Å². The van der Waals surface area contributed by atoms with Crippen LogP contribution in [0.5, 0.6) is 5.75 Å². The van der Waals surface area contributed by atoms with Gasteiger partial charge in [-0.05, 0) is 29.8 Å². The highest BCUT2D eigenvalue weighted by atomic mass is 16.5. The topological polar surface area (TPSA) is 21.3 Å². The Balaban J connectivity index is 0.000000771. The lowest BCUT2D eigenvalue weighted by Crippen LogP contribution is -1.95. The number of rotatable bonds is 4. The Morgan fingerprint density at radius 3 is 2.06 bits per heavy atom. The summed E-state index contributed by atoms with van der Waals surface area (Å²) in [4.78, 5) is 0. The molecule has 2 heteroatoms. The maximum Gasteiger partial charge on any atom is 0.119 e. The van der Waals surface area contributed by atoms with E-state index in [0.29, 0.717) is 6.61 Å². The van der Waals surface area contributed by atoms with Crippen molar-refractivity contribution in [2.24, 2.45) is 0 Å². The van der Waals surface area contributed by atoms with Gasteiger partial charge >= 0.3 is 0 Å². The van der Waals surface area contributed by atoms with Gasteiger partial charge in [0.1, 0.15) is 12.4 Å². The molecule has 2 aromatic rings. The van der Waals surface area contributed by atoms with Gasteiger partial charge < -0.3 is 10.1 Å². The van der Waals surface area contributed by atoms with E-state index in [1.54, 1.807) is 0 Å². The first-order valence-corrected chi connectivity index (χ1v) is 6.33. The normalized spacial score (nSPS) is 9.06. The summed E-state index contributed by atoms with van der Waals surface area (Å²) in [7, 11) is 1.90. The first-order valence-electron chi connectivity index (χ1n) is 6.33. The first-order chi connectivity index (χ1) is 8.88. The Morgan fingerprint density at radius 1 is 0.889 bits per heavy atom. The lowest BCUT2D eigenvalue weighted by molar-refractivity contribution is 0.306. The van der Waals surface area contributed by atoms with E-state index in [4.69, 9.17) is 4.74 Å². The Bertz CT molecular complexity index is 423. The van der Waals surface area contributed by atoms with Crippen LogP contribution in [0, 0.1) is 0 Å². The van der Waals surface area contributed by atoms with E-state index >= 15 is 0 Å². The van der Waals surface area contributed by atoms with Crippen LogP contribution in [-0.4, -0.2) is 7.05 Å². The van der Waals surface area contributed by atoms with E-state index in [-0.39, 0.29) is 0 Å². The monoisotopic (exact) mass is 243 g/mol. The van der Waals surface area contributed by atoms with Gasteiger partial charge in [-0.2, -0.15) is 0 Å². The third kappa shape index (κ3) is 4.50. The summed E-state index contributed by atoms with van der Waals surface area (Å²) < 4.78 is 5.66. The highest BCUT2D eigenvalue weighted by Gasteiger charge is 1.95. The van der Waals surface area contributed by atoms with E-state index in [9.17, 15) is 0 Å². The molecule has 0 fully saturated rings. The largest absolute Gasteiger partial charge is 0.489 e. The molecule has 0 unspecified atom stereocenters. The molecule has 0 saturated heterocycles. The fraction of sp³-hybridized carbons (Fsp3) is 0.250. The molecule has 0 aliphatic rings. The standard InChI is InChI=1S/C14H15NO.C2H6/c1-15-13-7-9-14(10-8-13)16-11-12-5-3-2-4-6-12;1-2/h2-10,15H,11H2,1H3;1-2H3. The van der Waals surface area contributed by atoms with Gasteiger partial charge in [-0.3, -0.25) is 0 Å². The molecule has 0 atom stereocenters. The van der Waals surface area contributed by atoms with E-state index < -0.39 is 0 Å². The van der Waals surface area contributed by atoms with Crippen LogP contribution in [-0.2, 0) is 6.61 Å². The van der Waals surface area contributed by atoms with Crippen molar-refractivity contribution in [1.29, 1.82) is 0 Å². The van der Waals surface area contributed by atoms with Gasteiger partial charge in [0.25, 0.3) is 0 Å². The SMILES string of the molecule is CC.CNc1ccc(OCc2ccccc2)cc1. The molecule has 2 nitrogen and oxygen atoms in total. The highest BCUT2D eigenvalue weighted by Crippen LogP contribution is 2.16. The van der Waals surface area contributed by atoms with Crippen LogP contribution in [0.25, 0.3) is 0 Å². The predicted octanol–water partition coefficient (Wildman–Crippen LogP) is 4.33. The third-order valence-corrected chi connectivity index (χ3v) is 2.39. The summed E-state index contributed by atoms with van der Waals surface area (Å²) in [6, 6.07) is 18.1. The van der Waals surface area contributed by atoms with Crippen LogP contribution in [0.1, 0.15) is 19.4 Å². The first kappa shape index (κ1) is 14.1. The predicted molar refractivity (Wildman–Crippen MR) is 78.1 cm³/mol. The molecule has 0 aliphatic carbocycles. The van der Waals surface area contributed by atoms with Crippen molar-refractivity contribution in [2.75, 3.05) is 12.4 Å². The minimum absolute atomic E-state index is 0.611. The average molecular weight is 243 g/mol. The molecular formula is C16H21NO. The van der Waals surface area contributed by atoms with Crippen LogP contribution in [0.2, 0.25) is 0 Å². The second-order valence-electron chi connectivity index (χ2n) is 3.55. The average Bonchev–Trinajstić information content (AvgIpc) is 2.49. The Kier molecular flexibility index (Phi) is 6.41. The van der Waals surface area contributed by atoms with E-state index in [0.717, 1.165) is 11.4 Å². The number of anilines is 1. The molecule has 0 aliphatic heterocycles. The molecule has 2 rings (SSSR count). The summed E-state index contributed by atoms with van der Waals surface area (Å²) in [6.07, 6.45) is 0. The van der Waals surface area contributed by atoms with Crippen LogP contribution in [0.3, 0.4) is 0 Å². The molecule has 0 amide bonds. The van der Waals surface area contributed by atoms with Crippen LogP contribution >= 0.6 is 0 Å². The van der Waals surface area contributed by atoms with Crippen molar-refractivity contribution in [1.82, 2.24) is 0 Å². The van der Waals surface area contributed by atoms with Crippen molar-refractivity contribution in [2.45, 2.75) is 20.5 Å². The van der Waals surface area contributed by atoms with Gasteiger partial charge in [-0.1, -0.05) is 44.2 Å². The fourth-order valence-corrected chi connectivity index (χ4v) is 1.46. The van der Waals surface area contributed by atoms with Crippen molar-refractivity contribution in [3.63, 3.8) is 0 Å². The number of nitrogens with one attached hydrogen (secondary N) is 1. The van der Waals surface area contributed by atoms with Gasteiger partial charge in [-0.15, -0.1) is 0 Å². The van der Waals surface area contributed by atoms with Crippen molar-refractivity contribution in [3.8, 4) is 5.75 Å². The molecule has 0 spiro atoms. The zero-order valence-corrected chi connectivity index (χ0v) is 11.3. The summed E-state index contributed by atoms with van der Waals surface area (Å²) in [5.41, 5.74) is 2.27. The highest BCUT2D eigenvalue weighted by molar-refractivity contribution is 5.45. The van der Waals surface area contributed by atoms with E-state index in [2.05, 4.69) is 17.4 Å². The Hall–Kier alpha value is -1.96. The van der Waals surface area contributed by atoms with Gasteiger partial charge in [0.2, 0.25) is 0 Å². The molecule has 1 N–H and O–H groups in total. The van der Waals surface area contributed by atoms with Gasteiger partial charge in [0.05, 0.1) is 0 Å².